The zero-order valence-electron chi connectivity index (χ0n) is 11.1. The van der Waals surface area contributed by atoms with E-state index in [-0.39, 0.29) is 23.6 Å². The maximum Gasteiger partial charge on any atom is 0.169 e. The molecule has 0 spiro atoms. The van der Waals surface area contributed by atoms with Gasteiger partial charge in [0, 0.05) is 12.1 Å². The molecule has 0 saturated carbocycles. The first-order chi connectivity index (χ1) is 9.50. The van der Waals surface area contributed by atoms with Crippen molar-refractivity contribution in [3.8, 4) is 5.75 Å². The van der Waals surface area contributed by atoms with Gasteiger partial charge in [-0.1, -0.05) is 18.2 Å². The van der Waals surface area contributed by atoms with Gasteiger partial charge in [0.25, 0.3) is 0 Å². The summed E-state index contributed by atoms with van der Waals surface area (Å²) < 4.78 is 28.8. The molecule has 2 saturated heterocycles. The Morgan fingerprint density at radius 2 is 2.15 bits per heavy atom. The Morgan fingerprint density at radius 3 is 2.90 bits per heavy atom. The summed E-state index contributed by atoms with van der Waals surface area (Å²) in [5.41, 5.74) is 1.00. The van der Waals surface area contributed by atoms with Crippen LogP contribution in [0.15, 0.2) is 24.3 Å². The van der Waals surface area contributed by atoms with Crippen molar-refractivity contribution in [2.24, 2.45) is 0 Å². The summed E-state index contributed by atoms with van der Waals surface area (Å²) in [4.78, 5) is 1.96. The van der Waals surface area contributed by atoms with Gasteiger partial charge < -0.3 is 15.0 Å². The van der Waals surface area contributed by atoms with E-state index in [1.54, 1.807) is 7.11 Å². The molecule has 2 aliphatic rings. The fraction of sp³-hybridized carbons (Fsp3) is 0.462. The summed E-state index contributed by atoms with van der Waals surface area (Å²) in [5, 5.41) is 3.74. The van der Waals surface area contributed by atoms with Crippen LogP contribution in [0.25, 0.3) is 0 Å². The van der Waals surface area contributed by atoms with Crippen LogP contribution in [0.4, 0.5) is 0 Å². The lowest BCUT2D eigenvalue weighted by Gasteiger charge is -2.24. The molecule has 0 bridgehead atoms. The molecule has 2 fully saturated rings. The molecule has 3 rings (SSSR count). The molecule has 1 aromatic carbocycles. The van der Waals surface area contributed by atoms with E-state index in [1.165, 1.54) is 0 Å². The van der Waals surface area contributed by atoms with Crippen LogP contribution < -0.4 is 10.1 Å². The van der Waals surface area contributed by atoms with E-state index in [9.17, 15) is 8.42 Å². The third-order valence-corrected chi connectivity index (χ3v) is 5.89. The van der Waals surface area contributed by atoms with Crippen molar-refractivity contribution in [3.63, 3.8) is 0 Å². The van der Waals surface area contributed by atoms with E-state index in [2.05, 4.69) is 5.32 Å². The Hall–Kier alpha value is -1.34. The number of fused-ring (bicyclic) bond motifs is 1. The zero-order valence-corrected chi connectivity index (χ0v) is 12.7. The Morgan fingerprint density at radius 1 is 1.40 bits per heavy atom. The number of thiocarbonyl (C=S) groups is 1. The van der Waals surface area contributed by atoms with Crippen LogP contribution in [-0.4, -0.2) is 49.1 Å². The number of nitrogens with zero attached hydrogens (tertiary/aromatic N) is 1. The fourth-order valence-corrected chi connectivity index (χ4v) is 5.14. The van der Waals surface area contributed by atoms with Gasteiger partial charge >= 0.3 is 0 Å². The summed E-state index contributed by atoms with van der Waals surface area (Å²) in [5.74, 6) is 1.12. The average molecular weight is 312 g/mol. The van der Waals surface area contributed by atoms with Gasteiger partial charge in [0.05, 0.1) is 30.7 Å². The predicted octanol–water partition coefficient (Wildman–Crippen LogP) is 0.551. The summed E-state index contributed by atoms with van der Waals surface area (Å²) in [6.07, 6.45) is 0. The largest absolute Gasteiger partial charge is 0.496 e. The van der Waals surface area contributed by atoms with Gasteiger partial charge in [-0.05, 0) is 18.3 Å². The van der Waals surface area contributed by atoms with Gasteiger partial charge in [0.1, 0.15) is 5.75 Å². The van der Waals surface area contributed by atoms with Crippen LogP contribution in [0.2, 0.25) is 0 Å². The number of sulfone groups is 1. The highest BCUT2D eigenvalue weighted by molar-refractivity contribution is 7.91. The molecule has 2 atom stereocenters. The Balaban J connectivity index is 1.85. The molecule has 108 valence electrons. The number of rotatable bonds is 3. The molecule has 0 amide bonds. The van der Waals surface area contributed by atoms with E-state index < -0.39 is 9.84 Å². The van der Waals surface area contributed by atoms with Gasteiger partial charge in [-0.2, -0.15) is 0 Å². The minimum atomic E-state index is -2.96. The van der Waals surface area contributed by atoms with Gasteiger partial charge in [0.15, 0.2) is 14.9 Å². The third-order valence-electron chi connectivity index (χ3n) is 3.83. The Bertz CT molecular complexity index is 645. The number of ether oxygens (including phenoxy) is 1. The van der Waals surface area contributed by atoms with Crippen LogP contribution >= 0.6 is 12.2 Å². The van der Waals surface area contributed by atoms with Gasteiger partial charge in [0.2, 0.25) is 0 Å². The second-order valence-electron chi connectivity index (χ2n) is 5.14. The molecule has 0 radical (unpaired) electrons. The number of hydrogen-bond acceptors (Lipinski definition) is 4. The topological polar surface area (TPSA) is 58.6 Å². The summed E-state index contributed by atoms with van der Waals surface area (Å²) in [6.45, 7) is 0.562. The van der Waals surface area contributed by atoms with Crippen LogP contribution in [0.5, 0.6) is 5.75 Å². The van der Waals surface area contributed by atoms with Crippen LogP contribution in [0, 0.1) is 0 Å². The van der Waals surface area contributed by atoms with Crippen LogP contribution in [-0.2, 0) is 16.4 Å². The fourth-order valence-electron chi connectivity index (χ4n) is 2.87. The normalized spacial score (nSPS) is 27.2. The van der Waals surface area contributed by atoms with Gasteiger partial charge in [-0.15, -0.1) is 0 Å². The molecular formula is C13H16N2O3S2. The zero-order chi connectivity index (χ0) is 14.3. The smallest absolute Gasteiger partial charge is 0.169 e. The van der Waals surface area contributed by atoms with Crippen LogP contribution in [0.3, 0.4) is 0 Å². The van der Waals surface area contributed by atoms with Crippen molar-refractivity contribution in [2.75, 3.05) is 18.6 Å². The van der Waals surface area contributed by atoms with E-state index >= 15 is 0 Å². The molecule has 1 aromatic rings. The minimum Gasteiger partial charge on any atom is -0.496 e. The number of methoxy groups -OCH3 is 1. The highest BCUT2D eigenvalue weighted by Gasteiger charge is 2.47. The lowest BCUT2D eigenvalue weighted by Crippen LogP contribution is -2.36. The first-order valence-electron chi connectivity index (χ1n) is 6.39. The van der Waals surface area contributed by atoms with E-state index in [0.717, 1.165) is 11.3 Å². The lowest BCUT2D eigenvalue weighted by atomic mass is 10.1. The van der Waals surface area contributed by atoms with E-state index in [0.29, 0.717) is 11.7 Å². The van der Waals surface area contributed by atoms with Crippen molar-refractivity contribution in [2.45, 2.75) is 18.6 Å². The maximum atomic E-state index is 11.7. The van der Waals surface area contributed by atoms with Crippen molar-refractivity contribution in [1.82, 2.24) is 10.2 Å². The molecule has 0 aromatic heterocycles. The first kappa shape index (κ1) is 13.6. The second-order valence-corrected chi connectivity index (χ2v) is 7.68. The molecule has 0 aliphatic carbocycles. The predicted molar refractivity (Wildman–Crippen MR) is 80.5 cm³/mol. The number of hydrogen-bond donors (Lipinski definition) is 1. The molecule has 1 N–H and O–H groups in total. The lowest BCUT2D eigenvalue weighted by molar-refractivity contribution is 0.337. The Labute approximate surface area is 123 Å². The Kier molecular flexibility index (Phi) is 3.33. The van der Waals surface area contributed by atoms with Crippen LogP contribution in [0.1, 0.15) is 5.56 Å². The highest BCUT2D eigenvalue weighted by atomic mass is 32.2. The SMILES string of the molecule is COc1ccccc1CN1C(=S)NC2CS(=O)(=O)CC21. The van der Waals surface area contributed by atoms with Crippen molar-refractivity contribution < 1.29 is 13.2 Å². The monoisotopic (exact) mass is 312 g/mol. The van der Waals surface area contributed by atoms with Gasteiger partial charge in [-0.25, -0.2) is 8.42 Å². The molecule has 20 heavy (non-hydrogen) atoms. The minimum absolute atomic E-state index is 0.0718. The standard InChI is InChI=1S/C13H16N2O3S2/c1-18-12-5-3-2-4-9(12)6-15-11-8-20(16,17)7-10(11)14-13(15)19/h2-5,10-11H,6-8H2,1H3,(H,14,19). The molecule has 7 heteroatoms. The first-order valence-corrected chi connectivity index (χ1v) is 8.62. The quantitative estimate of drug-likeness (QED) is 0.823. The van der Waals surface area contributed by atoms with E-state index in [4.69, 9.17) is 17.0 Å². The summed E-state index contributed by atoms with van der Waals surface area (Å²) >= 11 is 5.33. The maximum absolute atomic E-state index is 11.7. The number of nitrogens with one attached hydrogen (secondary N) is 1. The van der Waals surface area contributed by atoms with Crippen molar-refractivity contribution >= 4 is 27.2 Å². The second kappa shape index (κ2) is 4.89. The summed E-state index contributed by atoms with van der Waals surface area (Å²) in [6, 6.07) is 7.56. The van der Waals surface area contributed by atoms with E-state index in [1.807, 2.05) is 29.2 Å². The van der Waals surface area contributed by atoms with Crippen molar-refractivity contribution in [3.05, 3.63) is 29.8 Å². The summed E-state index contributed by atoms with van der Waals surface area (Å²) in [7, 11) is -1.34. The van der Waals surface area contributed by atoms with Gasteiger partial charge in [-0.3, -0.25) is 0 Å². The third kappa shape index (κ3) is 2.35. The number of para-hydroxylation sites is 1. The molecular weight excluding hydrogens is 296 g/mol. The molecule has 5 nitrogen and oxygen atoms in total. The highest BCUT2D eigenvalue weighted by Crippen LogP contribution is 2.28. The number of benzene rings is 1. The molecule has 2 heterocycles. The molecule has 2 unspecified atom stereocenters. The molecule has 2 aliphatic heterocycles. The average Bonchev–Trinajstić information content (AvgIpc) is 2.83. The van der Waals surface area contributed by atoms with Crippen molar-refractivity contribution in [1.29, 1.82) is 0 Å².